The second kappa shape index (κ2) is 89.0. The third-order valence-corrected chi connectivity index (χ3v) is 21.7. The molecule has 4 N–H and O–H groups in total. The van der Waals surface area contributed by atoms with Crippen molar-refractivity contribution in [2.45, 2.75) is 424 Å². The number of allylic oxidation sites excluding steroid dienone is 22. The first kappa shape index (κ1) is 111. The summed E-state index contributed by atoms with van der Waals surface area (Å²) >= 11 is 0. The number of phosphoric ester groups is 2. The van der Waals surface area contributed by atoms with Crippen molar-refractivity contribution in [1.82, 2.24) is 0 Å². The van der Waals surface area contributed by atoms with Gasteiger partial charge in [-0.05, 0) is 141 Å². The normalized spacial score (nSPS) is 14.4. The molecule has 0 aliphatic heterocycles. The second-order valence-electron chi connectivity index (χ2n) is 31.1. The molecule has 115 heavy (non-hydrogen) atoms. The number of aliphatic hydroxyl groups excluding tert-OH is 2. The van der Waals surface area contributed by atoms with Gasteiger partial charge in [0.05, 0.1) is 26.4 Å². The molecule has 664 valence electrons. The highest BCUT2D eigenvalue weighted by atomic mass is 31.2. The number of aliphatic hydroxyl groups is 2. The van der Waals surface area contributed by atoms with Gasteiger partial charge in [-0.2, -0.15) is 0 Å². The third-order valence-electron chi connectivity index (χ3n) is 19.8. The average molecular weight is 1650 g/mol. The van der Waals surface area contributed by atoms with Crippen LogP contribution in [0, 0.1) is 0 Å². The lowest BCUT2D eigenvalue weighted by Crippen LogP contribution is -2.30. The zero-order chi connectivity index (χ0) is 83.6. The van der Waals surface area contributed by atoms with Gasteiger partial charge in [0.1, 0.15) is 25.4 Å². The Hall–Kier alpha value is -4.31. The van der Waals surface area contributed by atoms with Crippen LogP contribution >= 0.6 is 15.6 Å². The van der Waals surface area contributed by atoms with Gasteiger partial charge in [0, 0.05) is 19.3 Å². The van der Waals surface area contributed by atoms with Crippen LogP contribution in [0.25, 0.3) is 0 Å². The number of rotatable bonds is 88. The summed E-state index contributed by atoms with van der Waals surface area (Å²) in [5, 5.41) is 20.7. The Balaban J connectivity index is 4.48. The Bertz CT molecular complexity index is 2620. The van der Waals surface area contributed by atoms with Crippen molar-refractivity contribution >= 4 is 33.6 Å². The highest BCUT2D eigenvalue weighted by molar-refractivity contribution is 7.47. The molecule has 16 nitrogen and oxygen atoms in total. The summed E-state index contributed by atoms with van der Waals surface area (Å²) in [4.78, 5) is 58.9. The van der Waals surface area contributed by atoms with E-state index in [1.807, 2.05) is 0 Å². The highest BCUT2D eigenvalue weighted by Crippen LogP contribution is 2.45. The molecule has 0 saturated carbocycles. The molecule has 0 bridgehead atoms. The molecule has 0 aromatic rings. The van der Waals surface area contributed by atoms with Gasteiger partial charge in [-0.3, -0.25) is 32.5 Å². The van der Waals surface area contributed by atoms with E-state index in [2.05, 4.69) is 154 Å². The number of unbranched alkanes of at least 4 members (excludes halogenated alkanes) is 43. The largest absolute Gasteiger partial charge is 0.472 e. The van der Waals surface area contributed by atoms with Crippen LogP contribution in [0.5, 0.6) is 0 Å². The summed E-state index contributed by atoms with van der Waals surface area (Å²) in [5.41, 5.74) is 0. The van der Waals surface area contributed by atoms with Gasteiger partial charge in [0.25, 0.3) is 0 Å². The Kier molecular flexibility index (Phi) is 85.6. The van der Waals surface area contributed by atoms with Crippen LogP contribution in [0.1, 0.15) is 406 Å². The topological polar surface area (TPSA) is 231 Å². The fourth-order valence-electron chi connectivity index (χ4n) is 12.8. The summed E-state index contributed by atoms with van der Waals surface area (Å²) in [6.45, 7) is 2.56. The summed E-state index contributed by atoms with van der Waals surface area (Å²) in [6, 6.07) is 0. The minimum absolute atomic E-state index is 0.0921. The molecule has 0 amide bonds. The Morgan fingerprint density at radius 3 is 0.730 bits per heavy atom. The van der Waals surface area contributed by atoms with Crippen LogP contribution < -0.4 is 0 Å². The fraction of sp³-hybridized carbons (Fsp3) is 0.742. The van der Waals surface area contributed by atoms with Crippen LogP contribution in [0.15, 0.2) is 134 Å². The van der Waals surface area contributed by atoms with E-state index in [0.29, 0.717) is 19.3 Å². The Morgan fingerprint density at radius 2 is 0.461 bits per heavy atom. The molecule has 0 saturated heterocycles. The molecule has 5 unspecified atom stereocenters. The molecule has 0 heterocycles. The van der Waals surface area contributed by atoms with Gasteiger partial charge >= 0.3 is 33.6 Å². The molecule has 0 rings (SSSR count). The van der Waals surface area contributed by atoms with Crippen molar-refractivity contribution in [1.29, 1.82) is 0 Å². The molecule has 0 fully saturated rings. The first-order chi connectivity index (χ1) is 56.2. The van der Waals surface area contributed by atoms with E-state index < -0.39 is 91.5 Å². The molecule has 0 aromatic heterocycles. The standard InChI is InChI=1S/C97H170O16P2/c1-4-7-10-13-16-19-22-25-28-31-33-35-37-39-41-43-44-45-46-48-50-51-53-55-57-60-62-65-68-71-74-77-80-83-95(100)107-86-92(98)87-109-114(103,104)110-88-93(99)89-111-115(105,106)112-91-94(113-97(102)85-82-79-76-73-70-67-64-59-30-27-24-21-18-15-12-9-6-3)90-108-96(101)84-81-78-75-72-69-66-63-61-58-56-54-52-49-47-42-40-38-36-34-32-29-26-23-20-17-14-11-8-5-2/h9,12,16-21,25-30,33-36,39-42,92-94,98-99H,4-8,10-11,13-15,22-24,31-32,37-38,43-91H2,1-3H3,(H,103,104)(H,105,106)/b12-9-,19-16-,20-17-,21-18-,28-25-,29-26-,30-27-,35-33-,36-34-,41-39-,42-40-. The van der Waals surface area contributed by atoms with Crippen molar-refractivity contribution in [3.63, 3.8) is 0 Å². The second-order valence-corrected chi connectivity index (χ2v) is 34.0. The fourth-order valence-corrected chi connectivity index (χ4v) is 14.4. The van der Waals surface area contributed by atoms with Gasteiger partial charge in [0.15, 0.2) is 6.10 Å². The summed E-state index contributed by atoms with van der Waals surface area (Å²) in [6.07, 6.45) is 111. The van der Waals surface area contributed by atoms with Gasteiger partial charge in [-0.25, -0.2) is 9.13 Å². The number of carbonyl (C=O) groups excluding carboxylic acids is 3. The van der Waals surface area contributed by atoms with Crippen LogP contribution in [0.3, 0.4) is 0 Å². The summed E-state index contributed by atoms with van der Waals surface area (Å²) in [7, 11) is -9.80. The van der Waals surface area contributed by atoms with Gasteiger partial charge in [0.2, 0.25) is 0 Å². The Morgan fingerprint density at radius 1 is 0.252 bits per heavy atom. The number of carbonyl (C=O) groups is 3. The minimum Gasteiger partial charge on any atom is -0.463 e. The predicted octanol–water partition coefficient (Wildman–Crippen LogP) is 28.6. The zero-order valence-electron chi connectivity index (χ0n) is 73.2. The minimum atomic E-state index is -4.94. The molecule has 0 aromatic carbocycles. The monoisotopic (exact) mass is 1650 g/mol. The molecular formula is C97H170O16P2. The lowest BCUT2D eigenvalue weighted by molar-refractivity contribution is -0.161. The Labute approximate surface area is 703 Å². The lowest BCUT2D eigenvalue weighted by Gasteiger charge is -2.21. The lowest BCUT2D eigenvalue weighted by atomic mass is 10.0. The molecule has 5 atom stereocenters. The van der Waals surface area contributed by atoms with Crippen LogP contribution in [0.4, 0.5) is 0 Å². The summed E-state index contributed by atoms with van der Waals surface area (Å²) in [5.74, 6) is -1.57. The number of hydrogen-bond donors (Lipinski definition) is 4. The van der Waals surface area contributed by atoms with Gasteiger partial charge in [-0.1, -0.05) is 379 Å². The first-order valence-corrected chi connectivity index (χ1v) is 49.5. The third kappa shape index (κ3) is 90.3. The average Bonchev–Trinajstić information content (AvgIpc) is 0.893. The van der Waals surface area contributed by atoms with Crippen molar-refractivity contribution < 1.29 is 75.8 Å². The van der Waals surface area contributed by atoms with Gasteiger partial charge in [-0.15, -0.1) is 0 Å². The van der Waals surface area contributed by atoms with Crippen molar-refractivity contribution in [2.75, 3.05) is 39.6 Å². The first-order valence-electron chi connectivity index (χ1n) is 46.5. The zero-order valence-corrected chi connectivity index (χ0v) is 75.0. The van der Waals surface area contributed by atoms with Crippen LogP contribution in [0.2, 0.25) is 0 Å². The molecule has 18 heteroatoms. The van der Waals surface area contributed by atoms with E-state index >= 15 is 0 Å². The van der Waals surface area contributed by atoms with Crippen LogP contribution in [-0.4, -0.2) is 95.9 Å². The van der Waals surface area contributed by atoms with Crippen molar-refractivity contribution in [3.05, 3.63) is 134 Å². The number of phosphoric acid groups is 2. The maximum absolute atomic E-state index is 13.0. The summed E-state index contributed by atoms with van der Waals surface area (Å²) < 4.78 is 61.4. The molecular weight excluding hydrogens is 1480 g/mol. The van der Waals surface area contributed by atoms with Gasteiger partial charge < -0.3 is 34.2 Å². The quantitative estimate of drug-likeness (QED) is 0.0146. The van der Waals surface area contributed by atoms with Crippen LogP contribution in [-0.2, 0) is 55.8 Å². The highest BCUT2D eigenvalue weighted by Gasteiger charge is 2.29. The number of esters is 3. The van der Waals surface area contributed by atoms with Crippen molar-refractivity contribution in [3.8, 4) is 0 Å². The molecule has 0 aliphatic carbocycles. The maximum atomic E-state index is 13.0. The van der Waals surface area contributed by atoms with E-state index in [0.717, 1.165) is 154 Å². The maximum Gasteiger partial charge on any atom is 0.472 e. The number of ether oxygens (including phenoxy) is 3. The molecule has 0 radical (unpaired) electrons. The smallest absolute Gasteiger partial charge is 0.463 e. The molecule has 0 spiro atoms. The van der Waals surface area contributed by atoms with E-state index in [4.69, 9.17) is 32.3 Å². The van der Waals surface area contributed by atoms with Crippen molar-refractivity contribution in [2.24, 2.45) is 0 Å². The van der Waals surface area contributed by atoms with E-state index in [9.17, 15) is 43.5 Å². The predicted molar refractivity (Wildman–Crippen MR) is 482 cm³/mol. The van der Waals surface area contributed by atoms with E-state index in [1.165, 1.54) is 193 Å². The number of hydrogen-bond acceptors (Lipinski definition) is 14. The SMILES string of the molecule is CC/C=C\C/C=C\C/C=C\CCCCCCCCCC(=O)OC(COC(=O)CCCCCCCCCCCCCCC/C=C\C/C=C\C/C=C\C/C=C\CCCCC)COP(=O)(O)OCC(O)COP(=O)(O)OCC(O)COC(=O)CCCCCCCCCCCCCCCCCCC/C=C\C/C=C\C/C=C\C/C=C\CCCCC. The van der Waals surface area contributed by atoms with E-state index in [-0.39, 0.29) is 19.3 Å². The molecule has 0 aliphatic rings. The van der Waals surface area contributed by atoms with E-state index in [1.54, 1.807) is 0 Å².